The van der Waals surface area contributed by atoms with Crippen molar-refractivity contribution >= 4 is 0 Å². The minimum atomic E-state index is 0.207. The van der Waals surface area contributed by atoms with Gasteiger partial charge in [0.2, 0.25) is 0 Å². The summed E-state index contributed by atoms with van der Waals surface area (Å²) >= 11 is 0. The van der Waals surface area contributed by atoms with Gasteiger partial charge in [-0.15, -0.1) is 0 Å². The minimum absolute atomic E-state index is 0.207. The molecule has 0 saturated carbocycles. The second kappa shape index (κ2) is 5.83. The molecule has 1 atom stereocenters. The van der Waals surface area contributed by atoms with Crippen LogP contribution in [0.4, 0.5) is 0 Å². The summed E-state index contributed by atoms with van der Waals surface area (Å²) in [6.45, 7) is 5.34. The smallest absolute Gasteiger partial charge is 0.0584 e. The number of nitrogens with one attached hydrogen (secondary N) is 2. The predicted molar refractivity (Wildman–Crippen MR) is 58.0 cm³/mol. The summed E-state index contributed by atoms with van der Waals surface area (Å²) in [5.41, 5.74) is 1.16. The van der Waals surface area contributed by atoms with Crippen molar-refractivity contribution in [2.75, 3.05) is 6.61 Å². The zero-order valence-electron chi connectivity index (χ0n) is 8.96. The zero-order valence-corrected chi connectivity index (χ0v) is 8.96. The average Bonchev–Trinajstić information content (AvgIpc) is 2.64. The topological polar surface area (TPSA) is 48.0 Å². The third-order valence-electron chi connectivity index (χ3n) is 2.22. The van der Waals surface area contributed by atoms with Gasteiger partial charge in [0.25, 0.3) is 0 Å². The standard InChI is InChI=1S/C11H20N2O/c1-9(2)6-11(8-14)13-7-10-4-3-5-12-10/h3-5,9,11-14H,6-8H2,1-2H3. The van der Waals surface area contributed by atoms with Crippen LogP contribution < -0.4 is 5.32 Å². The lowest BCUT2D eigenvalue weighted by molar-refractivity contribution is 0.223. The first-order chi connectivity index (χ1) is 6.72. The normalized spacial score (nSPS) is 13.4. The molecule has 80 valence electrons. The minimum Gasteiger partial charge on any atom is -0.395 e. The van der Waals surface area contributed by atoms with E-state index < -0.39 is 0 Å². The summed E-state index contributed by atoms with van der Waals surface area (Å²) in [4.78, 5) is 3.13. The van der Waals surface area contributed by atoms with Crippen LogP contribution >= 0.6 is 0 Å². The Labute approximate surface area is 85.5 Å². The summed E-state index contributed by atoms with van der Waals surface area (Å²) < 4.78 is 0. The summed E-state index contributed by atoms with van der Waals surface area (Å²) in [7, 11) is 0. The first-order valence-corrected chi connectivity index (χ1v) is 5.19. The van der Waals surface area contributed by atoms with E-state index in [0.29, 0.717) is 5.92 Å². The van der Waals surface area contributed by atoms with Gasteiger partial charge in [0.15, 0.2) is 0 Å². The van der Waals surface area contributed by atoms with Crippen LogP contribution in [0, 0.1) is 5.92 Å². The molecule has 1 heterocycles. The van der Waals surface area contributed by atoms with Gasteiger partial charge in [0, 0.05) is 24.5 Å². The van der Waals surface area contributed by atoms with E-state index in [9.17, 15) is 0 Å². The van der Waals surface area contributed by atoms with Gasteiger partial charge in [0.05, 0.1) is 6.61 Å². The Morgan fingerprint density at radius 2 is 2.29 bits per heavy atom. The number of H-pyrrole nitrogens is 1. The van der Waals surface area contributed by atoms with E-state index in [2.05, 4.69) is 24.1 Å². The Hall–Kier alpha value is -0.800. The fraction of sp³-hybridized carbons (Fsp3) is 0.636. The number of aliphatic hydroxyl groups is 1. The number of hydrogen-bond acceptors (Lipinski definition) is 2. The average molecular weight is 196 g/mol. The Bertz CT molecular complexity index is 231. The molecule has 0 aromatic carbocycles. The molecule has 3 heteroatoms. The maximum absolute atomic E-state index is 9.13. The summed E-state index contributed by atoms with van der Waals surface area (Å²) in [5, 5.41) is 12.5. The van der Waals surface area contributed by atoms with Gasteiger partial charge in [-0.3, -0.25) is 0 Å². The summed E-state index contributed by atoms with van der Waals surface area (Å²) in [6.07, 6.45) is 2.92. The molecule has 0 amide bonds. The molecule has 3 N–H and O–H groups in total. The molecule has 0 aliphatic carbocycles. The Kier molecular flexibility index (Phi) is 4.70. The Morgan fingerprint density at radius 3 is 2.79 bits per heavy atom. The van der Waals surface area contributed by atoms with E-state index in [-0.39, 0.29) is 12.6 Å². The maximum Gasteiger partial charge on any atom is 0.0584 e. The highest BCUT2D eigenvalue weighted by Gasteiger charge is 2.08. The maximum atomic E-state index is 9.13. The van der Waals surface area contributed by atoms with Crippen LogP contribution in [0.2, 0.25) is 0 Å². The molecular weight excluding hydrogens is 176 g/mol. The van der Waals surface area contributed by atoms with Gasteiger partial charge in [-0.25, -0.2) is 0 Å². The highest BCUT2D eigenvalue weighted by Crippen LogP contribution is 2.05. The third-order valence-corrected chi connectivity index (χ3v) is 2.22. The van der Waals surface area contributed by atoms with Crippen molar-refractivity contribution in [3.8, 4) is 0 Å². The lowest BCUT2D eigenvalue weighted by atomic mass is 10.0. The summed E-state index contributed by atoms with van der Waals surface area (Å²) in [5.74, 6) is 0.614. The highest BCUT2D eigenvalue weighted by molar-refractivity contribution is 5.03. The first-order valence-electron chi connectivity index (χ1n) is 5.19. The molecule has 1 aromatic rings. The van der Waals surface area contributed by atoms with Crippen LogP contribution in [-0.2, 0) is 6.54 Å². The molecule has 1 unspecified atom stereocenters. The van der Waals surface area contributed by atoms with E-state index in [1.54, 1.807) is 0 Å². The number of aliphatic hydroxyl groups excluding tert-OH is 1. The predicted octanol–water partition coefficient (Wildman–Crippen LogP) is 1.51. The van der Waals surface area contributed by atoms with Crippen LogP contribution in [0.3, 0.4) is 0 Å². The second-order valence-corrected chi connectivity index (χ2v) is 4.09. The largest absolute Gasteiger partial charge is 0.395 e. The molecule has 0 aliphatic rings. The molecule has 14 heavy (non-hydrogen) atoms. The number of rotatable bonds is 6. The fourth-order valence-corrected chi connectivity index (χ4v) is 1.52. The van der Waals surface area contributed by atoms with Gasteiger partial charge in [0.1, 0.15) is 0 Å². The van der Waals surface area contributed by atoms with Crippen molar-refractivity contribution in [3.05, 3.63) is 24.0 Å². The molecule has 0 aliphatic heterocycles. The number of aromatic nitrogens is 1. The molecule has 0 radical (unpaired) electrons. The monoisotopic (exact) mass is 196 g/mol. The fourth-order valence-electron chi connectivity index (χ4n) is 1.52. The van der Waals surface area contributed by atoms with Gasteiger partial charge in [-0.2, -0.15) is 0 Å². The van der Waals surface area contributed by atoms with Crippen LogP contribution in [0.15, 0.2) is 18.3 Å². The third kappa shape index (κ3) is 3.94. The SMILES string of the molecule is CC(C)CC(CO)NCc1ccc[nH]1. The van der Waals surface area contributed by atoms with E-state index >= 15 is 0 Å². The molecular formula is C11H20N2O. The van der Waals surface area contributed by atoms with E-state index in [1.807, 2.05) is 18.3 Å². The van der Waals surface area contributed by atoms with E-state index in [1.165, 1.54) is 0 Å². The highest BCUT2D eigenvalue weighted by atomic mass is 16.3. The Balaban J connectivity index is 2.27. The quantitative estimate of drug-likeness (QED) is 0.646. The number of aromatic amines is 1. The molecule has 1 rings (SSSR count). The first kappa shape index (κ1) is 11.3. The molecule has 0 spiro atoms. The van der Waals surface area contributed by atoms with Crippen molar-refractivity contribution < 1.29 is 5.11 Å². The van der Waals surface area contributed by atoms with E-state index in [4.69, 9.17) is 5.11 Å². The molecule has 1 aromatic heterocycles. The van der Waals surface area contributed by atoms with Crippen molar-refractivity contribution in [1.29, 1.82) is 0 Å². The molecule has 3 nitrogen and oxygen atoms in total. The second-order valence-electron chi connectivity index (χ2n) is 4.09. The Morgan fingerprint density at radius 1 is 1.50 bits per heavy atom. The molecule has 0 saturated heterocycles. The van der Waals surface area contributed by atoms with Crippen LogP contribution in [0.5, 0.6) is 0 Å². The lowest BCUT2D eigenvalue weighted by Crippen LogP contribution is -2.33. The number of hydrogen-bond donors (Lipinski definition) is 3. The van der Waals surface area contributed by atoms with Crippen molar-refractivity contribution in [1.82, 2.24) is 10.3 Å². The zero-order chi connectivity index (χ0) is 10.4. The van der Waals surface area contributed by atoms with E-state index in [0.717, 1.165) is 18.7 Å². The van der Waals surface area contributed by atoms with Crippen LogP contribution in [0.1, 0.15) is 26.0 Å². The van der Waals surface area contributed by atoms with Crippen molar-refractivity contribution in [2.24, 2.45) is 5.92 Å². The lowest BCUT2D eigenvalue weighted by Gasteiger charge is -2.17. The van der Waals surface area contributed by atoms with Gasteiger partial charge < -0.3 is 15.4 Å². The van der Waals surface area contributed by atoms with Crippen LogP contribution in [0.25, 0.3) is 0 Å². The van der Waals surface area contributed by atoms with Crippen molar-refractivity contribution in [3.63, 3.8) is 0 Å². The molecule has 0 fully saturated rings. The molecule has 0 bridgehead atoms. The van der Waals surface area contributed by atoms with Gasteiger partial charge in [-0.05, 0) is 24.5 Å². The van der Waals surface area contributed by atoms with Gasteiger partial charge >= 0.3 is 0 Å². The summed E-state index contributed by atoms with van der Waals surface area (Å²) in [6, 6.07) is 4.22. The van der Waals surface area contributed by atoms with Crippen molar-refractivity contribution in [2.45, 2.75) is 32.9 Å². The van der Waals surface area contributed by atoms with Gasteiger partial charge in [-0.1, -0.05) is 13.8 Å². The van der Waals surface area contributed by atoms with Crippen LogP contribution in [-0.4, -0.2) is 22.7 Å².